The van der Waals surface area contributed by atoms with Gasteiger partial charge in [0.2, 0.25) is 5.91 Å². The van der Waals surface area contributed by atoms with Crippen molar-refractivity contribution in [2.75, 3.05) is 25.1 Å². The van der Waals surface area contributed by atoms with Crippen LogP contribution in [0.4, 0.5) is 24.7 Å². The Bertz CT molecular complexity index is 1190. The van der Waals surface area contributed by atoms with Crippen LogP contribution in [0, 0.1) is 11.7 Å². The summed E-state index contributed by atoms with van der Waals surface area (Å²) in [4.78, 5) is 13.3. The number of aryl methyl sites for hydroxylation is 1. The highest BCUT2D eigenvalue weighted by Gasteiger charge is 2.24. The van der Waals surface area contributed by atoms with Gasteiger partial charge in [0.15, 0.2) is 5.82 Å². The van der Waals surface area contributed by atoms with E-state index in [1.807, 2.05) is 0 Å². The zero-order valence-corrected chi connectivity index (χ0v) is 19.9. The molecule has 8 nitrogen and oxygen atoms in total. The molecule has 0 unspecified atom stereocenters. The number of benzene rings is 1. The van der Waals surface area contributed by atoms with Crippen LogP contribution in [0.1, 0.15) is 43.6 Å². The van der Waals surface area contributed by atoms with E-state index in [0.29, 0.717) is 30.9 Å². The summed E-state index contributed by atoms with van der Waals surface area (Å²) in [6, 6.07) is 4.21. The van der Waals surface area contributed by atoms with Crippen LogP contribution in [0.2, 0.25) is 0 Å². The molecule has 0 bridgehead atoms. The summed E-state index contributed by atoms with van der Waals surface area (Å²) in [7, 11) is 1.53. The summed E-state index contributed by atoms with van der Waals surface area (Å²) in [5.74, 6) is 0.615. The Morgan fingerprint density at radius 2 is 2.14 bits per heavy atom. The van der Waals surface area contributed by atoms with Crippen LogP contribution < -0.4 is 5.32 Å². The normalized spacial score (nSPS) is 17.2. The Kier molecular flexibility index (Phi) is 7.44. The van der Waals surface area contributed by atoms with Crippen LogP contribution in [-0.2, 0) is 29.5 Å². The van der Waals surface area contributed by atoms with Crippen molar-refractivity contribution in [3.05, 3.63) is 47.2 Å². The largest absolute Gasteiger partial charge is 0.381 e. The Labute approximate surface area is 201 Å². The number of nitrogens with zero attached hydrogens (tertiary/aromatic N) is 4. The summed E-state index contributed by atoms with van der Waals surface area (Å²) in [5, 5.41) is 13.8. The van der Waals surface area contributed by atoms with E-state index in [4.69, 9.17) is 4.74 Å². The summed E-state index contributed by atoms with van der Waals surface area (Å²) < 4.78 is 47.4. The molecule has 0 saturated carbocycles. The smallest absolute Gasteiger partial charge is 0.282 e. The number of ether oxygens (including phenoxy) is 1. The SMILES string of the molecule is CC(=O)N1CCc2[nH]nc(Nc3ccc(-c4cn(C)nc4C(F)F)cc3F)c2C1.C[C@H]1CCOC1. The molecule has 1 saturated heterocycles. The number of halogens is 3. The molecular weight excluding hydrogens is 461 g/mol. The maximum atomic E-state index is 14.7. The van der Waals surface area contributed by atoms with E-state index in [1.165, 1.54) is 43.4 Å². The number of H-pyrrole nitrogens is 1. The lowest BCUT2D eigenvalue weighted by Crippen LogP contribution is -2.34. The van der Waals surface area contributed by atoms with Crippen molar-refractivity contribution in [3.63, 3.8) is 0 Å². The van der Waals surface area contributed by atoms with E-state index in [2.05, 4.69) is 27.5 Å². The van der Waals surface area contributed by atoms with Crippen molar-refractivity contribution in [3.8, 4) is 11.1 Å². The summed E-state index contributed by atoms with van der Waals surface area (Å²) >= 11 is 0. The molecule has 2 N–H and O–H groups in total. The number of anilines is 2. The molecule has 1 amide bonds. The fourth-order valence-electron chi connectivity index (χ4n) is 4.12. The minimum atomic E-state index is -2.76. The maximum absolute atomic E-state index is 14.7. The molecule has 1 fully saturated rings. The molecule has 3 aromatic rings. The van der Waals surface area contributed by atoms with Crippen LogP contribution >= 0.6 is 0 Å². The summed E-state index contributed by atoms with van der Waals surface area (Å²) in [5.41, 5.74) is 1.97. The van der Waals surface area contributed by atoms with Crippen LogP contribution in [0.5, 0.6) is 0 Å². The zero-order chi connectivity index (χ0) is 25.1. The predicted octanol–water partition coefficient (Wildman–Crippen LogP) is 4.58. The fraction of sp³-hybridized carbons (Fsp3) is 0.458. The highest BCUT2D eigenvalue weighted by molar-refractivity contribution is 5.74. The van der Waals surface area contributed by atoms with Crippen molar-refractivity contribution < 1.29 is 22.7 Å². The van der Waals surface area contributed by atoms with E-state index >= 15 is 0 Å². The zero-order valence-electron chi connectivity index (χ0n) is 19.9. The number of alkyl halides is 2. The van der Waals surface area contributed by atoms with Gasteiger partial charge in [-0.15, -0.1) is 0 Å². The summed E-state index contributed by atoms with van der Waals surface area (Å²) in [6.45, 7) is 6.68. The first kappa shape index (κ1) is 24.8. The molecule has 2 aliphatic rings. The molecule has 1 atom stereocenters. The number of hydrogen-bond acceptors (Lipinski definition) is 5. The van der Waals surface area contributed by atoms with Gasteiger partial charge in [0.1, 0.15) is 11.5 Å². The molecule has 11 heteroatoms. The molecule has 5 rings (SSSR count). The first-order valence-electron chi connectivity index (χ1n) is 11.5. The van der Waals surface area contributed by atoms with Crippen molar-refractivity contribution in [1.82, 2.24) is 24.9 Å². The number of carbonyl (C=O) groups excluding carboxylic acids is 1. The van der Waals surface area contributed by atoms with E-state index in [-0.39, 0.29) is 17.2 Å². The number of carbonyl (C=O) groups is 1. The van der Waals surface area contributed by atoms with E-state index < -0.39 is 17.9 Å². The fourth-order valence-corrected chi connectivity index (χ4v) is 4.12. The minimum absolute atomic E-state index is 0.0374. The molecule has 2 aliphatic heterocycles. The van der Waals surface area contributed by atoms with E-state index in [9.17, 15) is 18.0 Å². The van der Waals surface area contributed by atoms with Crippen molar-refractivity contribution >= 4 is 17.4 Å². The lowest BCUT2D eigenvalue weighted by atomic mass is 10.1. The first-order valence-corrected chi connectivity index (χ1v) is 11.5. The third kappa shape index (κ3) is 5.67. The van der Waals surface area contributed by atoms with Crippen molar-refractivity contribution in [2.24, 2.45) is 13.0 Å². The Morgan fingerprint density at radius 3 is 2.74 bits per heavy atom. The molecule has 0 radical (unpaired) electrons. The van der Waals surface area contributed by atoms with Gasteiger partial charge in [0.25, 0.3) is 6.43 Å². The van der Waals surface area contributed by atoms with Crippen LogP contribution in [0.3, 0.4) is 0 Å². The number of amides is 1. The third-order valence-corrected chi connectivity index (χ3v) is 6.13. The molecule has 0 aliphatic carbocycles. The lowest BCUT2D eigenvalue weighted by Gasteiger charge is -2.25. The average molecular weight is 491 g/mol. The second kappa shape index (κ2) is 10.5. The minimum Gasteiger partial charge on any atom is -0.381 e. The number of rotatable bonds is 4. The highest BCUT2D eigenvalue weighted by Crippen LogP contribution is 2.33. The first-order chi connectivity index (χ1) is 16.7. The number of fused-ring (bicyclic) bond motifs is 1. The van der Waals surface area contributed by atoms with Crippen LogP contribution in [0.15, 0.2) is 24.4 Å². The standard InChI is InChI=1S/C19H19F3N6O.C5H10O/c1-10(29)28-6-5-15-13(9-28)19(25-24-15)23-16-4-3-11(7-14(16)20)12-8-27(2)26-17(12)18(21)22;1-5-2-3-6-4-5/h3-4,7-8,18H,5-6,9H2,1-2H3,(H2,23,24,25);5H,2-4H2,1H3/t;5-/m.0/s1. The van der Waals surface area contributed by atoms with Gasteiger partial charge in [-0.1, -0.05) is 13.0 Å². The Hall–Kier alpha value is -3.34. The van der Waals surface area contributed by atoms with Gasteiger partial charge >= 0.3 is 0 Å². The second-order valence-electron chi connectivity index (χ2n) is 8.91. The van der Waals surface area contributed by atoms with E-state index in [0.717, 1.165) is 30.4 Å². The number of nitrogens with one attached hydrogen (secondary N) is 2. The van der Waals surface area contributed by atoms with Gasteiger partial charge < -0.3 is 15.0 Å². The number of hydrogen-bond donors (Lipinski definition) is 2. The van der Waals surface area contributed by atoms with Crippen molar-refractivity contribution in [1.29, 1.82) is 0 Å². The summed E-state index contributed by atoms with van der Waals surface area (Å²) in [6.07, 6.45) is 0.582. The van der Waals surface area contributed by atoms with Gasteiger partial charge in [0.05, 0.1) is 12.2 Å². The molecule has 35 heavy (non-hydrogen) atoms. The molecule has 1 aromatic carbocycles. The maximum Gasteiger partial charge on any atom is 0.282 e. The van der Waals surface area contributed by atoms with E-state index in [1.54, 1.807) is 11.0 Å². The van der Waals surface area contributed by atoms with Gasteiger partial charge in [0, 0.05) is 63.2 Å². The second-order valence-corrected chi connectivity index (χ2v) is 8.91. The quantitative estimate of drug-likeness (QED) is 0.559. The van der Waals surface area contributed by atoms with Crippen LogP contribution in [0.25, 0.3) is 11.1 Å². The third-order valence-electron chi connectivity index (χ3n) is 6.13. The van der Waals surface area contributed by atoms with Crippen molar-refractivity contribution in [2.45, 2.75) is 39.7 Å². The van der Waals surface area contributed by atoms with Gasteiger partial charge in [-0.05, 0) is 30.0 Å². The Morgan fingerprint density at radius 1 is 1.34 bits per heavy atom. The molecule has 188 valence electrons. The van der Waals surface area contributed by atoms with Gasteiger partial charge in [-0.25, -0.2) is 13.2 Å². The number of aromatic nitrogens is 4. The van der Waals surface area contributed by atoms with Gasteiger partial charge in [-0.3, -0.25) is 14.6 Å². The Balaban J connectivity index is 0.000000421. The van der Waals surface area contributed by atoms with Gasteiger partial charge in [-0.2, -0.15) is 10.2 Å². The molecule has 2 aromatic heterocycles. The average Bonchev–Trinajstić information content (AvgIpc) is 3.55. The molecule has 0 spiro atoms. The predicted molar refractivity (Wildman–Crippen MR) is 125 cm³/mol. The molecule has 4 heterocycles. The molecular formula is C24H29F3N6O2. The topological polar surface area (TPSA) is 88.1 Å². The number of aromatic amines is 1. The lowest BCUT2D eigenvalue weighted by molar-refractivity contribution is -0.129. The monoisotopic (exact) mass is 490 g/mol. The highest BCUT2D eigenvalue weighted by atomic mass is 19.3. The van der Waals surface area contributed by atoms with Crippen LogP contribution in [-0.4, -0.2) is 50.5 Å².